The van der Waals surface area contributed by atoms with E-state index in [2.05, 4.69) is 18.0 Å². The lowest BCUT2D eigenvalue weighted by Crippen LogP contribution is -2.00. The highest BCUT2D eigenvalue weighted by Crippen LogP contribution is 2.19. The predicted octanol–water partition coefficient (Wildman–Crippen LogP) is 3.50. The maximum atomic E-state index is 11.4. The smallest absolute Gasteiger partial charge is 0.143 e. The van der Waals surface area contributed by atoms with E-state index in [-0.39, 0.29) is 0 Å². The predicted molar refractivity (Wildman–Crippen MR) is 68.9 cm³/mol. The zero-order valence-electron chi connectivity index (χ0n) is 10.0. The number of ketones is 1. The number of hydrogen-bond donors (Lipinski definition) is 0. The Labute approximate surface area is 102 Å². The van der Waals surface area contributed by atoms with Gasteiger partial charge in [-0.15, -0.1) is 11.8 Å². The second kappa shape index (κ2) is 7.44. The van der Waals surface area contributed by atoms with E-state index >= 15 is 0 Å². The molecule has 0 fully saturated rings. The van der Waals surface area contributed by atoms with Crippen molar-refractivity contribution >= 4 is 17.5 Å². The lowest BCUT2D eigenvalue weighted by atomic mass is 10.2. The molecule has 0 spiro atoms. The maximum absolute atomic E-state index is 11.4. The summed E-state index contributed by atoms with van der Waals surface area (Å²) < 4.78 is 0. The Morgan fingerprint density at radius 3 is 2.81 bits per heavy atom. The molecule has 0 aliphatic carbocycles. The van der Waals surface area contributed by atoms with E-state index in [1.165, 1.54) is 5.56 Å². The molecule has 88 valence electrons. The number of rotatable bonds is 7. The Bertz CT molecular complexity index is 338. The minimum Gasteiger partial charge on any atom is -0.299 e. The highest BCUT2D eigenvalue weighted by Gasteiger charge is 2.02. The van der Waals surface area contributed by atoms with Crippen molar-refractivity contribution in [3.8, 4) is 0 Å². The van der Waals surface area contributed by atoms with Crippen LogP contribution in [-0.2, 0) is 11.2 Å². The van der Waals surface area contributed by atoms with E-state index in [0.29, 0.717) is 18.0 Å². The summed E-state index contributed by atoms with van der Waals surface area (Å²) in [7, 11) is 0. The summed E-state index contributed by atoms with van der Waals surface area (Å²) in [5.74, 6) is 0.902. The fraction of sp³-hybridized carbons (Fsp3) is 0.538. The largest absolute Gasteiger partial charge is 0.299 e. The third-order valence-corrected chi connectivity index (χ3v) is 3.26. The Morgan fingerprint density at radius 2 is 2.12 bits per heavy atom. The fourth-order valence-corrected chi connectivity index (χ4v) is 2.32. The van der Waals surface area contributed by atoms with Gasteiger partial charge in [0.1, 0.15) is 5.78 Å². The Kier molecular flexibility index (Phi) is 6.16. The number of Topliss-reactive ketones (excluding diaryl/α,β-unsaturated/α-hetero) is 1. The van der Waals surface area contributed by atoms with Gasteiger partial charge < -0.3 is 0 Å². The molecule has 0 aromatic carbocycles. The van der Waals surface area contributed by atoms with Gasteiger partial charge in [0.2, 0.25) is 0 Å². The van der Waals surface area contributed by atoms with Crippen LogP contribution in [0.3, 0.4) is 0 Å². The molecule has 0 amide bonds. The Balaban J connectivity index is 2.47. The van der Waals surface area contributed by atoms with E-state index in [1.807, 2.05) is 19.3 Å². The van der Waals surface area contributed by atoms with Crippen LogP contribution in [0.4, 0.5) is 0 Å². The first kappa shape index (κ1) is 13.2. The molecule has 3 heteroatoms. The molecular formula is C13H19NOS. The standard InChI is InChI=1S/C13H19NOS/c1-3-5-11-7-13(9-14-8-11)16-10-12(15)6-4-2/h7-9H,3-6,10H2,1-2H3. The van der Waals surface area contributed by atoms with E-state index in [9.17, 15) is 4.79 Å². The number of carbonyl (C=O) groups excluding carboxylic acids is 1. The van der Waals surface area contributed by atoms with Crippen LogP contribution in [0.15, 0.2) is 23.4 Å². The normalized spacial score (nSPS) is 10.4. The molecule has 0 aliphatic rings. The molecule has 1 aromatic rings. The number of pyridine rings is 1. The van der Waals surface area contributed by atoms with Crippen LogP contribution in [0.5, 0.6) is 0 Å². The van der Waals surface area contributed by atoms with Crippen molar-refractivity contribution in [2.45, 2.75) is 44.4 Å². The highest BCUT2D eigenvalue weighted by atomic mass is 32.2. The van der Waals surface area contributed by atoms with Gasteiger partial charge in [-0.3, -0.25) is 9.78 Å². The second-order valence-corrected chi connectivity index (χ2v) is 4.90. The first-order chi connectivity index (χ1) is 7.76. The topological polar surface area (TPSA) is 30.0 Å². The Morgan fingerprint density at radius 1 is 1.31 bits per heavy atom. The third-order valence-electron chi connectivity index (χ3n) is 2.24. The summed E-state index contributed by atoms with van der Waals surface area (Å²) in [6, 6.07) is 2.14. The number of hydrogen-bond acceptors (Lipinski definition) is 3. The number of carbonyl (C=O) groups is 1. The lowest BCUT2D eigenvalue weighted by Gasteiger charge is -2.03. The van der Waals surface area contributed by atoms with Crippen LogP contribution in [0.25, 0.3) is 0 Å². The van der Waals surface area contributed by atoms with Crippen molar-refractivity contribution in [3.63, 3.8) is 0 Å². The quantitative estimate of drug-likeness (QED) is 0.680. The van der Waals surface area contributed by atoms with Gasteiger partial charge >= 0.3 is 0 Å². The molecule has 0 bridgehead atoms. The molecule has 0 atom stereocenters. The molecule has 0 unspecified atom stereocenters. The van der Waals surface area contributed by atoms with E-state index in [1.54, 1.807) is 11.8 Å². The summed E-state index contributed by atoms with van der Waals surface area (Å²) in [4.78, 5) is 16.7. The van der Waals surface area contributed by atoms with Gasteiger partial charge in [0, 0.05) is 23.7 Å². The maximum Gasteiger partial charge on any atom is 0.143 e. The second-order valence-electron chi connectivity index (χ2n) is 3.86. The molecule has 2 nitrogen and oxygen atoms in total. The third kappa shape index (κ3) is 4.79. The number of aromatic nitrogens is 1. The van der Waals surface area contributed by atoms with Crippen LogP contribution in [-0.4, -0.2) is 16.5 Å². The van der Waals surface area contributed by atoms with Crippen LogP contribution < -0.4 is 0 Å². The molecule has 0 saturated heterocycles. The monoisotopic (exact) mass is 237 g/mol. The van der Waals surface area contributed by atoms with Crippen molar-refractivity contribution in [2.75, 3.05) is 5.75 Å². The Hall–Kier alpha value is -0.830. The molecule has 1 rings (SSSR count). The van der Waals surface area contributed by atoms with Crippen molar-refractivity contribution in [2.24, 2.45) is 0 Å². The summed E-state index contributed by atoms with van der Waals surface area (Å²) in [5, 5.41) is 0. The van der Waals surface area contributed by atoms with Crippen molar-refractivity contribution in [1.82, 2.24) is 4.98 Å². The average molecular weight is 237 g/mol. The molecule has 1 heterocycles. The summed E-state index contributed by atoms with van der Waals surface area (Å²) in [6.07, 6.45) is 7.56. The van der Waals surface area contributed by atoms with Gasteiger partial charge in [0.25, 0.3) is 0 Å². The van der Waals surface area contributed by atoms with E-state index < -0.39 is 0 Å². The van der Waals surface area contributed by atoms with Crippen molar-refractivity contribution in [1.29, 1.82) is 0 Å². The van der Waals surface area contributed by atoms with Gasteiger partial charge in [-0.1, -0.05) is 20.3 Å². The van der Waals surface area contributed by atoms with Crippen molar-refractivity contribution < 1.29 is 4.79 Å². The van der Waals surface area contributed by atoms with E-state index in [4.69, 9.17) is 0 Å². The average Bonchev–Trinajstić information content (AvgIpc) is 2.28. The minimum absolute atomic E-state index is 0.327. The van der Waals surface area contributed by atoms with Gasteiger partial charge in [0.15, 0.2) is 0 Å². The summed E-state index contributed by atoms with van der Waals surface area (Å²) >= 11 is 1.60. The van der Waals surface area contributed by atoms with Crippen LogP contribution in [0, 0.1) is 0 Å². The molecule has 0 saturated carbocycles. The summed E-state index contributed by atoms with van der Waals surface area (Å²) in [6.45, 7) is 4.19. The number of aryl methyl sites for hydroxylation is 1. The first-order valence-corrected chi connectivity index (χ1v) is 6.83. The van der Waals surface area contributed by atoms with Crippen LogP contribution in [0.1, 0.15) is 38.7 Å². The number of nitrogens with zero attached hydrogens (tertiary/aromatic N) is 1. The van der Waals surface area contributed by atoms with Crippen LogP contribution in [0.2, 0.25) is 0 Å². The lowest BCUT2D eigenvalue weighted by molar-refractivity contribution is -0.116. The molecular weight excluding hydrogens is 218 g/mol. The highest BCUT2D eigenvalue weighted by molar-refractivity contribution is 8.00. The van der Waals surface area contributed by atoms with Crippen LogP contribution >= 0.6 is 11.8 Å². The van der Waals surface area contributed by atoms with Gasteiger partial charge in [-0.25, -0.2) is 0 Å². The SMILES string of the molecule is CCCC(=O)CSc1cncc(CCC)c1. The molecule has 0 radical (unpaired) electrons. The van der Waals surface area contributed by atoms with Crippen molar-refractivity contribution in [3.05, 3.63) is 24.0 Å². The fourth-order valence-electron chi connectivity index (χ4n) is 1.48. The molecule has 0 N–H and O–H groups in total. The van der Waals surface area contributed by atoms with Gasteiger partial charge in [-0.2, -0.15) is 0 Å². The molecule has 0 aliphatic heterocycles. The minimum atomic E-state index is 0.327. The molecule has 1 aromatic heterocycles. The zero-order valence-corrected chi connectivity index (χ0v) is 10.8. The number of thioether (sulfide) groups is 1. The van der Waals surface area contributed by atoms with E-state index in [0.717, 1.165) is 24.2 Å². The first-order valence-electron chi connectivity index (χ1n) is 5.84. The summed E-state index contributed by atoms with van der Waals surface area (Å²) in [5.41, 5.74) is 1.26. The zero-order chi connectivity index (χ0) is 11.8. The van der Waals surface area contributed by atoms with Gasteiger partial charge in [-0.05, 0) is 24.5 Å². The van der Waals surface area contributed by atoms with Gasteiger partial charge in [0.05, 0.1) is 5.75 Å². The molecule has 16 heavy (non-hydrogen) atoms.